The first kappa shape index (κ1) is 5.86. The lowest BCUT2D eigenvalue weighted by molar-refractivity contribution is 1.23. The Morgan fingerprint density at radius 3 is 3.18 bits per heavy atom. The van der Waals surface area contributed by atoms with Gasteiger partial charge in [-0.1, -0.05) is 0 Å². The highest BCUT2D eigenvalue weighted by Crippen LogP contribution is 2.05. The van der Waals surface area contributed by atoms with Crippen molar-refractivity contribution in [2.45, 2.75) is 0 Å². The molecule has 0 saturated heterocycles. The molecule has 0 amide bonds. The zero-order chi connectivity index (χ0) is 7.68. The summed E-state index contributed by atoms with van der Waals surface area (Å²) in [6, 6.07) is 5.50. The molecule has 2 aromatic heterocycles. The lowest BCUT2D eigenvalue weighted by Crippen LogP contribution is -1.73. The van der Waals surface area contributed by atoms with E-state index in [2.05, 4.69) is 15.0 Å². The molecule has 2 heterocycles. The van der Waals surface area contributed by atoms with Gasteiger partial charge in [-0.25, -0.2) is 9.97 Å². The zero-order valence-electron chi connectivity index (χ0n) is 5.57. The van der Waals surface area contributed by atoms with E-state index in [1.54, 1.807) is 18.3 Å². The highest BCUT2D eigenvalue weighted by atomic mass is 15.0. The molecule has 0 aromatic carbocycles. The number of rotatable bonds is 0. The number of nitriles is 1. The third kappa shape index (κ3) is 0.829. The number of nitrogens with zero attached hydrogens (tertiary/aromatic N) is 3. The molecule has 0 fully saturated rings. The van der Waals surface area contributed by atoms with Crippen LogP contribution in [0.25, 0.3) is 11.2 Å². The fourth-order valence-electron chi connectivity index (χ4n) is 0.897. The van der Waals surface area contributed by atoms with Crippen molar-refractivity contribution in [2.75, 3.05) is 0 Å². The summed E-state index contributed by atoms with van der Waals surface area (Å²) in [5, 5.41) is 8.47. The molecule has 0 unspecified atom stereocenters. The molecular weight excluding hydrogens is 140 g/mol. The van der Waals surface area contributed by atoms with E-state index in [1.807, 2.05) is 6.07 Å². The lowest BCUT2D eigenvalue weighted by atomic mass is 10.4. The first-order chi connectivity index (χ1) is 5.40. The van der Waals surface area contributed by atoms with Gasteiger partial charge in [0, 0.05) is 6.20 Å². The molecule has 0 aliphatic heterocycles. The number of hydrogen-bond donors (Lipinski definition) is 1. The Morgan fingerprint density at radius 1 is 1.55 bits per heavy atom. The summed E-state index contributed by atoms with van der Waals surface area (Å²) in [4.78, 5) is 10.7. The third-order valence-electron chi connectivity index (χ3n) is 1.36. The van der Waals surface area contributed by atoms with Gasteiger partial charge in [-0.2, -0.15) is 5.26 Å². The molecule has 11 heavy (non-hydrogen) atoms. The Hall–Kier alpha value is -1.89. The van der Waals surface area contributed by atoms with Crippen LogP contribution in [0.15, 0.2) is 18.3 Å². The van der Waals surface area contributed by atoms with Gasteiger partial charge < -0.3 is 4.98 Å². The number of imidazole rings is 1. The SMILES string of the molecule is N#Cc1nc2cccnc2[nH]1. The van der Waals surface area contributed by atoms with E-state index < -0.39 is 0 Å². The maximum absolute atomic E-state index is 8.47. The molecule has 2 rings (SSSR count). The monoisotopic (exact) mass is 144 g/mol. The fraction of sp³-hybridized carbons (Fsp3) is 0. The van der Waals surface area contributed by atoms with Crippen molar-refractivity contribution in [2.24, 2.45) is 0 Å². The smallest absolute Gasteiger partial charge is 0.212 e. The third-order valence-corrected chi connectivity index (χ3v) is 1.36. The average molecular weight is 144 g/mol. The van der Waals surface area contributed by atoms with E-state index in [9.17, 15) is 0 Å². The van der Waals surface area contributed by atoms with Gasteiger partial charge in [0.25, 0.3) is 0 Å². The zero-order valence-corrected chi connectivity index (χ0v) is 5.57. The second kappa shape index (κ2) is 2.06. The van der Waals surface area contributed by atoms with Crippen LogP contribution in [-0.2, 0) is 0 Å². The Balaban J connectivity index is 2.81. The van der Waals surface area contributed by atoms with Crippen molar-refractivity contribution >= 4 is 11.2 Å². The summed E-state index contributed by atoms with van der Waals surface area (Å²) >= 11 is 0. The van der Waals surface area contributed by atoms with E-state index in [0.717, 1.165) is 5.52 Å². The van der Waals surface area contributed by atoms with Gasteiger partial charge in [0.2, 0.25) is 5.82 Å². The average Bonchev–Trinajstić information content (AvgIpc) is 2.46. The quantitative estimate of drug-likeness (QED) is 0.595. The summed E-state index contributed by atoms with van der Waals surface area (Å²) in [5.41, 5.74) is 1.38. The second-order valence-electron chi connectivity index (χ2n) is 2.07. The number of aromatic nitrogens is 3. The molecule has 4 nitrogen and oxygen atoms in total. The molecule has 0 saturated carbocycles. The number of H-pyrrole nitrogens is 1. The van der Waals surface area contributed by atoms with Crippen LogP contribution in [0.3, 0.4) is 0 Å². The number of nitrogens with one attached hydrogen (secondary N) is 1. The maximum Gasteiger partial charge on any atom is 0.212 e. The summed E-state index contributed by atoms with van der Waals surface area (Å²) in [5.74, 6) is 0.304. The molecule has 0 spiro atoms. The van der Waals surface area contributed by atoms with E-state index in [0.29, 0.717) is 11.5 Å². The number of fused-ring (bicyclic) bond motifs is 1. The minimum Gasteiger partial charge on any atom is -0.314 e. The molecule has 0 radical (unpaired) electrons. The highest BCUT2D eigenvalue weighted by molar-refractivity contribution is 5.70. The van der Waals surface area contributed by atoms with E-state index >= 15 is 0 Å². The van der Waals surface area contributed by atoms with Crippen LogP contribution in [0.1, 0.15) is 5.82 Å². The fourth-order valence-corrected chi connectivity index (χ4v) is 0.897. The molecule has 2 aromatic rings. The first-order valence-electron chi connectivity index (χ1n) is 3.11. The largest absolute Gasteiger partial charge is 0.314 e. The van der Waals surface area contributed by atoms with Crippen molar-refractivity contribution in [3.63, 3.8) is 0 Å². The molecule has 0 aliphatic rings. The van der Waals surface area contributed by atoms with Crippen LogP contribution in [0.2, 0.25) is 0 Å². The summed E-state index contributed by atoms with van der Waals surface area (Å²) < 4.78 is 0. The van der Waals surface area contributed by atoms with Crippen LogP contribution in [0.5, 0.6) is 0 Å². The molecule has 4 heteroatoms. The van der Waals surface area contributed by atoms with Gasteiger partial charge in [-0.3, -0.25) is 0 Å². The van der Waals surface area contributed by atoms with Gasteiger partial charge in [0.05, 0.1) is 0 Å². The second-order valence-corrected chi connectivity index (χ2v) is 2.07. The van der Waals surface area contributed by atoms with Crippen molar-refractivity contribution in [1.82, 2.24) is 15.0 Å². The minimum absolute atomic E-state index is 0.304. The van der Waals surface area contributed by atoms with Crippen molar-refractivity contribution < 1.29 is 0 Å². The maximum atomic E-state index is 8.47. The number of pyridine rings is 1. The van der Waals surface area contributed by atoms with Crippen molar-refractivity contribution in [1.29, 1.82) is 5.26 Å². The Kier molecular flexibility index (Phi) is 1.10. The van der Waals surface area contributed by atoms with Crippen molar-refractivity contribution in [3.8, 4) is 6.07 Å². The van der Waals surface area contributed by atoms with Crippen molar-refractivity contribution in [3.05, 3.63) is 24.2 Å². The van der Waals surface area contributed by atoms with Crippen LogP contribution in [0, 0.1) is 11.3 Å². The topological polar surface area (TPSA) is 65.4 Å². The van der Waals surface area contributed by atoms with Gasteiger partial charge in [0.15, 0.2) is 5.65 Å². The Bertz CT molecular complexity index is 390. The molecular formula is C7H4N4. The van der Waals surface area contributed by atoms with E-state index in [1.165, 1.54) is 0 Å². The first-order valence-corrected chi connectivity index (χ1v) is 3.11. The molecule has 52 valence electrons. The van der Waals surface area contributed by atoms with Crippen LogP contribution in [-0.4, -0.2) is 15.0 Å². The van der Waals surface area contributed by atoms with Gasteiger partial charge >= 0.3 is 0 Å². The van der Waals surface area contributed by atoms with Gasteiger partial charge in [0.1, 0.15) is 11.6 Å². The minimum atomic E-state index is 0.304. The van der Waals surface area contributed by atoms with E-state index in [4.69, 9.17) is 5.26 Å². The number of aromatic amines is 1. The Morgan fingerprint density at radius 2 is 2.45 bits per heavy atom. The molecule has 0 atom stereocenters. The standard InChI is InChI=1S/C7H4N4/c8-4-6-10-5-2-1-3-9-7(5)11-6/h1-3H,(H,9,10,11). The highest BCUT2D eigenvalue weighted by Gasteiger charge is 1.99. The summed E-state index contributed by atoms with van der Waals surface area (Å²) in [6.45, 7) is 0. The Labute approximate surface area is 62.5 Å². The van der Waals surface area contributed by atoms with E-state index in [-0.39, 0.29) is 0 Å². The van der Waals surface area contributed by atoms with Crippen LogP contribution < -0.4 is 0 Å². The molecule has 1 N–H and O–H groups in total. The van der Waals surface area contributed by atoms with Crippen LogP contribution >= 0.6 is 0 Å². The molecule has 0 bridgehead atoms. The molecule has 0 aliphatic carbocycles. The van der Waals surface area contributed by atoms with Crippen LogP contribution in [0.4, 0.5) is 0 Å². The van der Waals surface area contributed by atoms with Gasteiger partial charge in [-0.15, -0.1) is 0 Å². The lowest BCUT2D eigenvalue weighted by Gasteiger charge is -1.80. The summed E-state index contributed by atoms with van der Waals surface area (Å²) in [6.07, 6.45) is 1.65. The van der Waals surface area contributed by atoms with Gasteiger partial charge in [-0.05, 0) is 12.1 Å². The normalized spacial score (nSPS) is 9.73. The predicted molar refractivity (Wildman–Crippen MR) is 38.6 cm³/mol. The predicted octanol–water partition coefficient (Wildman–Crippen LogP) is 0.830. The number of hydrogen-bond acceptors (Lipinski definition) is 3. The summed E-state index contributed by atoms with van der Waals surface area (Å²) in [7, 11) is 0.